The van der Waals surface area contributed by atoms with Gasteiger partial charge in [-0.05, 0) is 38.5 Å². The summed E-state index contributed by atoms with van der Waals surface area (Å²) in [5.41, 5.74) is 0. The van der Waals surface area contributed by atoms with Gasteiger partial charge in [0.2, 0.25) is 5.91 Å². The SMILES string of the molecule is CCCCCCCCCCCCCC/C=C\CCCCCCCCC(O)C(=O)NC(COC1OC(CO)C(O)C(O)C1O)C(O)C(O)CCCCCCCCCCCCCCCCCCCCCCCCCCCCCC. The Bertz CT molecular complexity index is 1260. The lowest BCUT2D eigenvalue weighted by Gasteiger charge is -2.40. The second-order valence-corrected chi connectivity index (χ2v) is 23.9. The molecule has 1 heterocycles. The minimum atomic E-state index is -1.66. The van der Waals surface area contributed by atoms with Gasteiger partial charge in [0.15, 0.2) is 6.29 Å². The summed E-state index contributed by atoms with van der Waals surface area (Å²) in [6.45, 7) is 3.51. The van der Waals surface area contributed by atoms with Gasteiger partial charge >= 0.3 is 0 Å². The molecule has 1 amide bonds. The molecule has 1 fully saturated rings. The highest BCUT2D eigenvalue weighted by molar-refractivity contribution is 5.80. The Morgan fingerprint density at radius 3 is 1.09 bits per heavy atom. The van der Waals surface area contributed by atoms with Crippen molar-refractivity contribution in [3.8, 4) is 0 Å². The number of aliphatic hydroxyl groups is 7. The highest BCUT2D eigenvalue weighted by Crippen LogP contribution is 2.24. The van der Waals surface area contributed by atoms with Crippen molar-refractivity contribution in [3.63, 3.8) is 0 Å². The Kier molecular flexibility index (Phi) is 53.1. The van der Waals surface area contributed by atoms with E-state index >= 15 is 0 Å². The Hall–Kier alpha value is -1.15. The number of rotatable bonds is 59. The normalized spacial score (nSPS) is 19.5. The van der Waals surface area contributed by atoms with Gasteiger partial charge in [-0.15, -0.1) is 0 Å². The summed E-state index contributed by atoms with van der Waals surface area (Å²) in [7, 11) is 0. The highest BCUT2D eigenvalue weighted by atomic mass is 16.7. The predicted octanol–water partition coefficient (Wildman–Crippen LogP) is 15.5. The van der Waals surface area contributed by atoms with Crippen LogP contribution in [0.3, 0.4) is 0 Å². The van der Waals surface area contributed by atoms with Gasteiger partial charge in [-0.2, -0.15) is 0 Å². The third kappa shape index (κ3) is 43.2. The zero-order valence-electron chi connectivity index (χ0n) is 50.5. The Morgan fingerprint density at radius 1 is 0.442 bits per heavy atom. The number of aliphatic hydroxyl groups excluding tert-OH is 7. The number of unbranched alkanes of at least 4 members (excludes halogenated alkanes) is 45. The summed E-state index contributed by atoms with van der Waals surface area (Å²) in [5.74, 6) is -0.695. The van der Waals surface area contributed by atoms with Crippen molar-refractivity contribution < 1.29 is 50.0 Å². The topological polar surface area (TPSA) is 189 Å². The monoisotopic (exact) mass is 1100 g/mol. The molecule has 9 unspecified atom stereocenters. The number of amides is 1. The van der Waals surface area contributed by atoms with Crippen LogP contribution in [0.15, 0.2) is 12.2 Å². The van der Waals surface area contributed by atoms with E-state index in [1.54, 1.807) is 0 Å². The molecule has 0 aromatic carbocycles. The first kappa shape index (κ1) is 73.9. The van der Waals surface area contributed by atoms with E-state index in [2.05, 4.69) is 31.3 Å². The van der Waals surface area contributed by atoms with Gasteiger partial charge in [-0.1, -0.05) is 309 Å². The van der Waals surface area contributed by atoms with Crippen LogP contribution in [0.4, 0.5) is 0 Å². The maximum absolute atomic E-state index is 13.2. The molecule has 8 N–H and O–H groups in total. The smallest absolute Gasteiger partial charge is 0.249 e. The Labute approximate surface area is 474 Å². The van der Waals surface area contributed by atoms with Gasteiger partial charge in [0.1, 0.15) is 36.6 Å². The maximum atomic E-state index is 13.2. The summed E-state index contributed by atoms with van der Waals surface area (Å²) in [4.78, 5) is 13.2. The molecule has 0 radical (unpaired) electrons. The second-order valence-electron chi connectivity index (χ2n) is 23.9. The second kappa shape index (κ2) is 55.4. The molecular formula is C66H129NO10. The van der Waals surface area contributed by atoms with E-state index in [9.17, 15) is 40.5 Å². The minimum Gasteiger partial charge on any atom is -0.394 e. The van der Waals surface area contributed by atoms with E-state index in [4.69, 9.17) is 9.47 Å². The van der Waals surface area contributed by atoms with Crippen LogP contribution in [-0.2, 0) is 14.3 Å². The van der Waals surface area contributed by atoms with Crippen molar-refractivity contribution in [2.75, 3.05) is 13.2 Å². The zero-order chi connectivity index (χ0) is 56.1. The maximum Gasteiger partial charge on any atom is 0.249 e. The van der Waals surface area contributed by atoms with E-state index in [1.165, 1.54) is 244 Å². The first-order valence-corrected chi connectivity index (χ1v) is 33.6. The standard InChI is InChI=1S/C66H129NO10/c1-3-5-7-9-11-13-15-17-19-21-23-25-27-28-29-30-31-32-34-35-37-39-41-43-45-47-49-51-53-58(69)61(71)57(56-76-66-64(74)63(73)62(72)60(55-68)77-66)67-65(75)59(70)54-52-50-48-46-44-42-40-38-36-33-26-24-22-20-18-16-14-12-10-8-6-4-2/h36,38,57-64,66,68-74H,3-35,37,39-56H2,1-2H3,(H,67,75)/b38-36-. The fourth-order valence-electron chi connectivity index (χ4n) is 11.1. The molecule has 0 spiro atoms. The number of hydrogen-bond donors (Lipinski definition) is 8. The van der Waals surface area contributed by atoms with Crippen LogP contribution in [0.25, 0.3) is 0 Å². The van der Waals surface area contributed by atoms with Gasteiger partial charge in [0.25, 0.3) is 0 Å². The summed E-state index contributed by atoms with van der Waals surface area (Å²) in [6, 6.07) is -1.17. The molecule has 1 saturated heterocycles. The lowest BCUT2D eigenvalue weighted by atomic mass is 9.98. The molecule has 9 atom stereocenters. The molecule has 1 aliphatic heterocycles. The summed E-state index contributed by atoms with van der Waals surface area (Å²) in [5, 5.41) is 76.4. The first-order chi connectivity index (χ1) is 37.7. The number of nitrogens with one attached hydrogen (secondary N) is 1. The molecule has 0 saturated carbocycles. The van der Waals surface area contributed by atoms with Crippen LogP contribution in [0.1, 0.15) is 335 Å². The van der Waals surface area contributed by atoms with Crippen molar-refractivity contribution >= 4 is 5.91 Å². The first-order valence-electron chi connectivity index (χ1n) is 33.6. The Balaban J connectivity index is 2.22. The predicted molar refractivity (Wildman–Crippen MR) is 321 cm³/mol. The van der Waals surface area contributed by atoms with Crippen LogP contribution in [0.5, 0.6) is 0 Å². The van der Waals surface area contributed by atoms with E-state index < -0.39 is 74.2 Å². The van der Waals surface area contributed by atoms with E-state index in [1.807, 2.05) is 0 Å². The van der Waals surface area contributed by atoms with E-state index in [0.29, 0.717) is 19.3 Å². The number of hydrogen-bond acceptors (Lipinski definition) is 10. The zero-order valence-corrected chi connectivity index (χ0v) is 50.5. The average Bonchev–Trinajstić information content (AvgIpc) is 3.43. The summed E-state index contributed by atoms with van der Waals surface area (Å²) < 4.78 is 11.2. The third-order valence-electron chi connectivity index (χ3n) is 16.6. The molecule has 458 valence electrons. The summed E-state index contributed by atoms with van der Waals surface area (Å²) >= 11 is 0. The summed E-state index contributed by atoms with van der Waals surface area (Å²) in [6.07, 6.45) is 55.7. The molecule has 11 heteroatoms. The number of carbonyl (C=O) groups excluding carboxylic acids is 1. The molecule has 0 aromatic rings. The molecule has 1 aliphatic rings. The van der Waals surface area contributed by atoms with E-state index in [-0.39, 0.29) is 6.42 Å². The minimum absolute atomic E-state index is 0.256. The van der Waals surface area contributed by atoms with Gasteiger partial charge in [-0.3, -0.25) is 4.79 Å². The largest absolute Gasteiger partial charge is 0.394 e. The van der Waals surface area contributed by atoms with E-state index in [0.717, 1.165) is 51.4 Å². The van der Waals surface area contributed by atoms with Crippen LogP contribution in [0, 0.1) is 0 Å². The molecule has 0 aromatic heterocycles. The van der Waals surface area contributed by atoms with Crippen LogP contribution >= 0.6 is 0 Å². The lowest BCUT2D eigenvalue weighted by Crippen LogP contribution is -2.60. The van der Waals surface area contributed by atoms with Crippen molar-refractivity contribution in [1.82, 2.24) is 5.32 Å². The molecule has 1 rings (SSSR count). The van der Waals surface area contributed by atoms with Gasteiger partial charge in [0.05, 0.1) is 25.4 Å². The van der Waals surface area contributed by atoms with Crippen LogP contribution in [-0.4, -0.2) is 110 Å². The Morgan fingerprint density at radius 2 is 0.753 bits per heavy atom. The lowest BCUT2D eigenvalue weighted by molar-refractivity contribution is -0.303. The highest BCUT2D eigenvalue weighted by Gasteiger charge is 2.44. The molecule has 77 heavy (non-hydrogen) atoms. The van der Waals surface area contributed by atoms with Crippen molar-refractivity contribution in [1.29, 1.82) is 0 Å². The van der Waals surface area contributed by atoms with Crippen LogP contribution < -0.4 is 5.32 Å². The number of ether oxygens (including phenoxy) is 2. The van der Waals surface area contributed by atoms with Crippen LogP contribution in [0.2, 0.25) is 0 Å². The number of allylic oxidation sites excluding steroid dienone is 2. The number of carbonyl (C=O) groups is 1. The molecule has 0 aliphatic carbocycles. The fourth-order valence-corrected chi connectivity index (χ4v) is 11.1. The van der Waals surface area contributed by atoms with Crippen molar-refractivity contribution in [3.05, 3.63) is 12.2 Å². The van der Waals surface area contributed by atoms with Crippen molar-refractivity contribution in [2.24, 2.45) is 0 Å². The van der Waals surface area contributed by atoms with Gasteiger partial charge in [-0.25, -0.2) is 0 Å². The van der Waals surface area contributed by atoms with Gasteiger partial charge in [0, 0.05) is 0 Å². The molecule has 11 nitrogen and oxygen atoms in total. The fraction of sp³-hybridized carbons (Fsp3) is 0.955. The quantitative estimate of drug-likeness (QED) is 0.0215. The average molecular weight is 1100 g/mol. The molecular weight excluding hydrogens is 967 g/mol. The third-order valence-corrected chi connectivity index (χ3v) is 16.6. The van der Waals surface area contributed by atoms with Gasteiger partial charge < -0.3 is 50.5 Å². The van der Waals surface area contributed by atoms with Crippen molar-refractivity contribution in [2.45, 2.75) is 390 Å². The molecule has 0 bridgehead atoms.